The van der Waals surface area contributed by atoms with Crippen molar-refractivity contribution in [2.45, 2.75) is 25.5 Å². The van der Waals surface area contributed by atoms with Crippen LogP contribution in [-0.4, -0.2) is 42.4 Å². The fourth-order valence-corrected chi connectivity index (χ4v) is 2.95. The Morgan fingerprint density at radius 2 is 2.00 bits per heavy atom. The van der Waals surface area contributed by atoms with Crippen molar-refractivity contribution in [1.29, 1.82) is 0 Å². The zero-order valence-electron chi connectivity index (χ0n) is 11.7. The number of rotatable bonds is 9. The monoisotopic (exact) mass is 337 g/mol. The second kappa shape index (κ2) is 9.74. The molecule has 6 heteroatoms. The van der Waals surface area contributed by atoms with E-state index in [4.69, 9.17) is 27.9 Å². The zero-order chi connectivity index (χ0) is 15.0. The summed E-state index contributed by atoms with van der Waals surface area (Å²) in [6.45, 7) is 2.77. The largest absolute Gasteiger partial charge is 0.488 e. The number of hydrogen-bond donors (Lipinski definition) is 2. The van der Waals surface area contributed by atoms with Gasteiger partial charge in [-0.3, -0.25) is 0 Å². The molecule has 20 heavy (non-hydrogen) atoms. The van der Waals surface area contributed by atoms with Crippen molar-refractivity contribution in [3.8, 4) is 5.75 Å². The molecule has 1 aromatic carbocycles. The molecule has 114 valence electrons. The number of benzene rings is 1. The molecule has 1 rings (SSSR count). The number of hydrogen-bond acceptors (Lipinski definition) is 4. The van der Waals surface area contributed by atoms with Gasteiger partial charge in [-0.1, -0.05) is 36.2 Å². The quantitative estimate of drug-likeness (QED) is 0.724. The molecule has 0 aliphatic rings. The van der Waals surface area contributed by atoms with Gasteiger partial charge in [-0.25, -0.2) is 0 Å². The van der Waals surface area contributed by atoms with Gasteiger partial charge in [-0.2, -0.15) is 11.8 Å². The van der Waals surface area contributed by atoms with E-state index in [9.17, 15) is 5.11 Å². The van der Waals surface area contributed by atoms with Crippen LogP contribution in [0.25, 0.3) is 0 Å². The minimum atomic E-state index is -0.599. The van der Waals surface area contributed by atoms with E-state index in [0.29, 0.717) is 28.4 Å². The van der Waals surface area contributed by atoms with E-state index in [1.807, 2.05) is 0 Å². The minimum absolute atomic E-state index is 0.159. The Hall–Kier alpha value is -0.130. The second-order valence-electron chi connectivity index (χ2n) is 4.48. The van der Waals surface area contributed by atoms with E-state index in [2.05, 4.69) is 18.5 Å². The molecule has 0 saturated heterocycles. The normalized spacial score (nSPS) is 14.1. The van der Waals surface area contributed by atoms with E-state index in [0.717, 1.165) is 12.2 Å². The van der Waals surface area contributed by atoms with Crippen molar-refractivity contribution in [1.82, 2.24) is 5.32 Å². The smallest absolute Gasteiger partial charge is 0.156 e. The van der Waals surface area contributed by atoms with Gasteiger partial charge >= 0.3 is 0 Å². The Morgan fingerprint density at radius 3 is 2.55 bits per heavy atom. The van der Waals surface area contributed by atoms with Gasteiger partial charge < -0.3 is 15.2 Å². The Labute approximate surface area is 135 Å². The molecule has 0 heterocycles. The van der Waals surface area contributed by atoms with Crippen LogP contribution in [-0.2, 0) is 0 Å². The average molecular weight is 338 g/mol. The lowest BCUT2D eigenvalue weighted by molar-refractivity contribution is 0.104. The highest BCUT2D eigenvalue weighted by Gasteiger charge is 2.12. The summed E-state index contributed by atoms with van der Waals surface area (Å²) in [6, 6.07) is 5.57. The van der Waals surface area contributed by atoms with Crippen LogP contribution >= 0.6 is 35.0 Å². The van der Waals surface area contributed by atoms with E-state index < -0.39 is 6.10 Å². The number of thioether (sulfide) groups is 1. The summed E-state index contributed by atoms with van der Waals surface area (Å²) >= 11 is 13.8. The van der Waals surface area contributed by atoms with Crippen LogP contribution in [0.15, 0.2) is 18.2 Å². The van der Waals surface area contributed by atoms with Crippen LogP contribution in [0, 0.1) is 0 Å². The van der Waals surface area contributed by atoms with Crippen LogP contribution in [0.2, 0.25) is 10.0 Å². The summed E-state index contributed by atoms with van der Waals surface area (Å²) in [7, 11) is 0. The Morgan fingerprint density at radius 1 is 1.35 bits per heavy atom. The average Bonchev–Trinajstić information content (AvgIpc) is 2.42. The van der Waals surface area contributed by atoms with Crippen molar-refractivity contribution in [2.75, 3.05) is 25.2 Å². The van der Waals surface area contributed by atoms with Crippen LogP contribution in [0.4, 0.5) is 0 Å². The lowest BCUT2D eigenvalue weighted by Crippen LogP contribution is -2.39. The number of ether oxygens (including phenoxy) is 1. The molecule has 2 N–H and O–H groups in total. The number of aliphatic hydroxyl groups excluding tert-OH is 1. The summed E-state index contributed by atoms with van der Waals surface area (Å²) < 4.78 is 5.50. The third-order valence-electron chi connectivity index (χ3n) is 2.84. The fraction of sp³-hybridized carbons (Fsp3) is 0.571. The first-order valence-corrected chi connectivity index (χ1v) is 8.70. The van der Waals surface area contributed by atoms with Gasteiger partial charge in [0.05, 0.1) is 10.0 Å². The molecule has 0 aliphatic heterocycles. The van der Waals surface area contributed by atoms with Gasteiger partial charge in [0.25, 0.3) is 0 Å². The first-order chi connectivity index (χ1) is 9.58. The maximum atomic E-state index is 9.92. The molecule has 1 aromatic rings. The lowest BCUT2D eigenvalue weighted by Gasteiger charge is -2.19. The molecule has 0 aromatic heterocycles. The van der Waals surface area contributed by atoms with Gasteiger partial charge in [-0.05, 0) is 24.8 Å². The van der Waals surface area contributed by atoms with Gasteiger partial charge in [0, 0.05) is 18.3 Å². The van der Waals surface area contributed by atoms with Crippen molar-refractivity contribution in [3.05, 3.63) is 28.2 Å². The standard InChI is InChI=1S/C14H21Cl2NO2S/c1-3-10(9-20-2)17-7-11(18)8-19-14-12(15)5-4-6-13(14)16/h4-6,10-11,17-18H,3,7-9H2,1-2H3. The molecule has 0 amide bonds. The van der Waals surface area contributed by atoms with Gasteiger partial charge in [0.2, 0.25) is 0 Å². The van der Waals surface area contributed by atoms with Gasteiger partial charge in [-0.15, -0.1) is 0 Å². The molecule has 2 atom stereocenters. The van der Waals surface area contributed by atoms with Crippen molar-refractivity contribution in [2.24, 2.45) is 0 Å². The van der Waals surface area contributed by atoms with Crippen molar-refractivity contribution in [3.63, 3.8) is 0 Å². The summed E-state index contributed by atoms with van der Waals surface area (Å²) in [6.07, 6.45) is 2.51. The van der Waals surface area contributed by atoms with E-state index in [1.54, 1.807) is 30.0 Å². The lowest BCUT2D eigenvalue weighted by atomic mass is 10.2. The van der Waals surface area contributed by atoms with Crippen LogP contribution in [0.1, 0.15) is 13.3 Å². The highest BCUT2D eigenvalue weighted by atomic mass is 35.5. The summed E-state index contributed by atoms with van der Waals surface area (Å²) in [5.74, 6) is 1.45. The molecule has 0 radical (unpaired) electrons. The van der Waals surface area contributed by atoms with E-state index >= 15 is 0 Å². The molecule has 0 fully saturated rings. The van der Waals surface area contributed by atoms with E-state index in [-0.39, 0.29) is 6.61 Å². The first-order valence-electron chi connectivity index (χ1n) is 6.55. The first kappa shape index (κ1) is 17.9. The predicted octanol–water partition coefficient (Wildman–Crippen LogP) is 3.46. The van der Waals surface area contributed by atoms with Crippen LogP contribution < -0.4 is 10.1 Å². The van der Waals surface area contributed by atoms with Gasteiger partial charge in [0.15, 0.2) is 5.75 Å². The summed E-state index contributed by atoms with van der Waals surface area (Å²) in [5.41, 5.74) is 0. The molecular formula is C14H21Cl2NO2S. The van der Waals surface area contributed by atoms with E-state index in [1.165, 1.54) is 0 Å². The molecule has 0 spiro atoms. The number of para-hydroxylation sites is 1. The Bertz CT molecular complexity index is 387. The number of halogens is 2. The fourth-order valence-electron chi connectivity index (χ4n) is 1.68. The SMILES string of the molecule is CCC(CSC)NCC(O)COc1c(Cl)cccc1Cl. The highest BCUT2D eigenvalue weighted by Crippen LogP contribution is 2.32. The molecule has 3 nitrogen and oxygen atoms in total. The van der Waals surface area contributed by atoms with Crippen molar-refractivity contribution >= 4 is 35.0 Å². The van der Waals surface area contributed by atoms with Crippen molar-refractivity contribution < 1.29 is 9.84 Å². The zero-order valence-corrected chi connectivity index (χ0v) is 14.1. The topological polar surface area (TPSA) is 41.5 Å². The summed E-state index contributed by atoms with van der Waals surface area (Å²) in [4.78, 5) is 0. The number of nitrogens with one attached hydrogen (secondary N) is 1. The maximum Gasteiger partial charge on any atom is 0.156 e. The maximum absolute atomic E-state index is 9.92. The molecule has 0 bridgehead atoms. The predicted molar refractivity (Wildman–Crippen MR) is 88.4 cm³/mol. The third kappa shape index (κ3) is 6.10. The number of aliphatic hydroxyl groups is 1. The van der Waals surface area contributed by atoms with Crippen LogP contribution in [0.5, 0.6) is 5.75 Å². The van der Waals surface area contributed by atoms with Gasteiger partial charge in [0.1, 0.15) is 12.7 Å². The minimum Gasteiger partial charge on any atom is -0.488 e. The van der Waals surface area contributed by atoms with Crippen LogP contribution in [0.3, 0.4) is 0 Å². The summed E-state index contributed by atoms with van der Waals surface area (Å²) in [5, 5.41) is 14.1. The Balaban J connectivity index is 2.38. The third-order valence-corrected chi connectivity index (χ3v) is 4.17. The molecular weight excluding hydrogens is 317 g/mol. The molecule has 2 unspecified atom stereocenters. The molecule has 0 saturated carbocycles. The Kier molecular flexibility index (Phi) is 8.73. The molecule has 0 aliphatic carbocycles. The highest BCUT2D eigenvalue weighted by molar-refractivity contribution is 7.98. The second-order valence-corrected chi connectivity index (χ2v) is 6.21.